The van der Waals surface area contributed by atoms with Gasteiger partial charge in [0.2, 0.25) is 0 Å². The second-order valence-electron chi connectivity index (χ2n) is 2.92. The van der Waals surface area contributed by atoms with E-state index in [1.807, 2.05) is 13.0 Å². The summed E-state index contributed by atoms with van der Waals surface area (Å²) in [5.41, 5.74) is 2.15. The van der Waals surface area contributed by atoms with Crippen molar-refractivity contribution >= 4 is 23.2 Å². The average molecular weight is 207 g/mol. The van der Waals surface area contributed by atoms with Crippen molar-refractivity contribution in [3.05, 3.63) is 22.3 Å². The molecule has 1 unspecified atom stereocenters. The highest BCUT2D eigenvalue weighted by atomic mass is 35.5. The van der Waals surface area contributed by atoms with Gasteiger partial charge in [-0.1, -0.05) is 17.7 Å². The highest BCUT2D eigenvalue weighted by molar-refractivity contribution is 6.31. The molecule has 0 spiro atoms. The van der Waals surface area contributed by atoms with E-state index in [-0.39, 0.29) is 12.0 Å². The normalized spacial score (nSPS) is 24.3. The van der Waals surface area contributed by atoms with Crippen LogP contribution < -0.4 is 0 Å². The summed E-state index contributed by atoms with van der Waals surface area (Å²) in [6, 6.07) is 0. The first kappa shape index (κ1) is 10.1. The fourth-order valence-corrected chi connectivity index (χ4v) is 1.96. The largest absolute Gasteiger partial charge is 0.396 e. The summed E-state index contributed by atoms with van der Waals surface area (Å²) >= 11 is 11.9. The molecule has 0 radical (unpaired) electrons. The molecule has 68 valence electrons. The molecule has 0 saturated carbocycles. The van der Waals surface area contributed by atoms with Crippen LogP contribution in [0.2, 0.25) is 0 Å². The summed E-state index contributed by atoms with van der Waals surface area (Å²) in [4.78, 5) is 0. The number of halogens is 2. The summed E-state index contributed by atoms with van der Waals surface area (Å²) in [5.74, 6) is 0. The van der Waals surface area contributed by atoms with Gasteiger partial charge < -0.3 is 5.11 Å². The summed E-state index contributed by atoms with van der Waals surface area (Å²) in [6.45, 7) is 2.11. The lowest BCUT2D eigenvalue weighted by molar-refractivity contribution is 0.299. The number of allylic oxidation sites excluding steroid dienone is 3. The lowest BCUT2D eigenvalue weighted by Gasteiger charge is -2.18. The molecule has 1 N–H and O–H groups in total. The average Bonchev–Trinajstić information content (AvgIpc) is 2.00. The van der Waals surface area contributed by atoms with Crippen molar-refractivity contribution in [2.75, 3.05) is 6.61 Å². The first-order chi connectivity index (χ1) is 5.65. The van der Waals surface area contributed by atoms with Crippen LogP contribution in [-0.2, 0) is 0 Å². The molecule has 3 heteroatoms. The topological polar surface area (TPSA) is 20.2 Å². The maximum Gasteiger partial charge on any atom is 0.0570 e. The van der Waals surface area contributed by atoms with Crippen molar-refractivity contribution in [2.24, 2.45) is 0 Å². The van der Waals surface area contributed by atoms with Gasteiger partial charge in [-0.15, -0.1) is 11.6 Å². The SMILES string of the molecule is CC1=C(Cl)CC(Cl)C=C1CCO. The molecule has 0 saturated heterocycles. The number of aliphatic hydroxyl groups excluding tert-OH is 1. The summed E-state index contributed by atoms with van der Waals surface area (Å²) in [7, 11) is 0. The number of hydrogen-bond acceptors (Lipinski definition) is 1. The van der Waals surface area contributed by atoms with E-state index in [4.69, 9.17) is 28.3 Å². The molecule has 0 aromatic rings. The fourth-order valence-electron chi connectivity index (χ4n) is 1.29. The Hall–Kier alpha value is 0.0200. The molecular formula is C9H12Cl2O. The number of hydrogen-bond donors (Lipinski definition) is 1. The molecule has 0 bridgehead atoms. The molecule has 0 aromatic heterocycles. The third-order valence-electron chi connectivity index (χ3n) is 2.03. The summed E-state index contributed by atoms with van der Waals surface area (Å²) < 4.78 is 0. The van der Waals surface area contributed by atoms with Gasteiger partial charge in [0.05, 0.1) is 5.38 Å². The molecule has 0 aliphatic heterocycles. The first-order valence-corrected chi connectivity index (χ1v) is 4.78. The van der Waals surface area contributed by atoms with Crippen LogP contribution in [0.5, 0.6) is 0 Å². The minimum atomic E-state index is -0.0113. The molecule has 1 atom stereocenters. The van der Waals surface area contributed by atoms with Crippen molar-refractivity contribution in [1.29, 1.82) is 0 Å². The lowest BCUT2D eigenvalue weighted by Crippen LogP contribution is -2.06. The van der Waals surface area contributed by atoms with E-state index in [0.717, 1.165) is 16.2 Å². The number of rotatable bonds is 2. The first-order valence-electron chi connectivity index (χ1n) is 3.96. The van der Waals surface area contributed by atoms with Gasteiger partial charge in [-0.25, -0.2) is 0 Å². The fraction of sp³-hybridized carbons (Fsp3) is 0.556. The number of aliphatic hydroxyl groups is 1. The van der Waals surface area contributed by atoms with Crippen LogP contribution in [0.15, 0.2) is 22.3 Å². The van der Waals surface area contributed by atoms with Crippen molar-refractivity contribution in [3.63, 3.8) is 0 Å². The van der Waals surface area contributed by atoms with Gasteiger partial charge in [-0.05, 0) is 24.5 Å². The van der Waals surface area contributed by atoms with Gasteiger partial charge in [0.25, 0.3) is 0 Å². The van der Waals surface area contributed by atoms with Crippen molar-refractivity contribution in [1.82, 2.24) is 0 Å². The van der Waals surface area contributed by atoms with Gasteiger partial charge in [-0.3, -0.25) is 0 Å². The Morgan fingerprint density at radius 3 is 2.92 bits per heavy atom. The maximum atomic E-state index is 8.76. The third kappa shape index (κ3) is 2.25. The van der Waals surface area contributed by atoms with Gasteiger partial charge >= 0.3 is 0 Å². The maximum absolute atomic E-state index is 8.76. The Bertz CT molecular complexity index is 231. The van der Waals surface area contributed by atoms with Crippen LogP contribution in [-0.4, -0.2) is 17.1 Å². The summed E-state index contributed by atoms with van der Waals surface area (Å²) in [6.07, 6.45) is 3.33. The molecule has 1 aliphatic rings. The van der Waals surface area contributed by atoms with Crippen LogP contribution in [0.3, 0.4) is 0 Å². The summed E-state index contributed by atoms with van der Waals surface area (Å²) in [5, 5.41) is 9.57. The molecular weight excluding hydrogens is 195 g/mol. The molecule has 1 nitrogen and oxygen atoms in total. The van der Waals surface area contributed by atoms with Gasteiger partial charge in [-0.2, -0.15) is 0 Å². The van der Waals surface area contributed by atoms with E-state index in [1.165, 1.54) is 0 Å². The van der Waals surface area contributed by atoms with Crippen LogP contribution in [0.4, 0.5) is 0 Å². The zero-order valence-electron chi connectivity index (χ0n) is 6.98. The minimum absolute atomic E-state index is 0.0113. The molecule has 0 aromatic carbocycles. The van der Waals surface area contributed by atoms with Gasteiger partial charge in [0.15, 0.2) is 0 Å². The van der Waals surface area contributed by atoms with E-state index in [2.05, 4.69) is 0 Å². The zero-order valence-corrected chi connectivity index (χ0v) is 8.49. The standard InChI is InChI=1S/C9H12Cl2O/c1-6-7(2-3-12)4-8(10)5-9(6)11/h4,8,12H,2-3,5H2,1H3. The Labute approximate surface area is 82.7 Å². The van der Waals surface area contributed by atoms with E-state index in [0.29, 0.717) is 12.8 Å². The van der Waals surface area contributed by atoms with E-state index >= 15 is 0 Å². The quantitative estimate of drug-likeness (QED) is 0.690. The highest BCUT2D eigenvalue weighted by Gasteiger charge is 2.15. The third-order valence-corrected chi connectivity index (χ3v) is 2.74. The molecule has 0 amide bonds. The van der Waals surface area contributed by atoms with Crippen molar-refractivity contribution in [2.45, 2.75) is 25.1 Å². The predicted molar refractivity (Wildman–Crippen MR) is 52.6 cm³/mol. The van der Waals surface area contributed by atoms with Gasteiger partial charge in [0, 0.05) is 18.1 Å². The van der Waals surface area contributed by atoms with E-state index in [9.17, 15) is 0 Å². The van der Waals surface area contributed by atoms with Crippen LogP contribution in [0.25, 0.3) is 0 Å². The smallest absolute Gasteiger partial charge is 0.0570 e. The monoisotopic (exact) mass is 206 g/mol. The van der Waals surface area contributed by atoms with Gasteiger partial charge in [0.1, 0.15) is 0 Å². The molecule has 12 heavy (non-hydrogen) atoms. The van der Waals surface area contributed by atoms with E-state index in [1.54, 1.807) is 0 Å². The zero-order chi connectivity index (χ0) is 9.14. The Kier molecular flexibility index (Phi) is 3.63. The van der Waals surface area contributed by atoms with E-state index < -0.39 is 0 Å². The minimum Gasteiger partial charge on any atom is -0.396 e. The predicted octanol–water partition coefficient (Wildman–Crippen LogP) is 2.82. The van der Waals surface area contributed by atoms with Crippen LogP contribution >= 0.6 is 23.2 Å². The molecule has 1 rings (SSSR count). The second-order valence-corrected chi connectivity index (χ2v) is 3.93. The molecule has 0 fully saturated rings. The Morgan fingerprint density at radius 1 is 1.67 bits per heavy atom. The van der Waals surface area contributed by atoms with Crippen molar-refractivity contribution < 1.29 is 5.11 Å². The Morgan fingerprint density at radius 2 is 2.33 bits per heavy atom. The second kappa shape index (κ2) is 4.31. The highest BCUT2D eigenvalue weighted by Crippen LogP contribution is 2.31. The van der Waals surface area contributed by atoms with Crippen LogP contribution in [0.1, 0.15) is 19.8 Å². The molecule has 1 aliphatic carbocycles. The lowest BCUT2D eigenvalue weighted by atomic mass is 9.96. The molecule has 0 heterocycles. The van der Waals surface area contributed by atoms with Crippen LogP contribution in [0, 0.1) is 0 Å². The number of alkyl halides is 1. The Balaban J connectivity index is 2.81. The van der Waals surface area contributed by atoms with Crippen molar-refractivity contribution in [3.8, 4) is 0 Å².